The van der Waals surface area contributed by atoms with Crippen molar-refractivity contribution in [2.24, 2.45) is 4.99 Å². The summed E-state index contributed by atoms with van der Waals surface area (Å²) in [5, 5.41) is 6.78. The first-order valence-corrected chi connectivity index (χ1v) is 7.60. The Kier molecular flexibility index (Phi) is 10.4. The van der Waals surface area contributed by atoms with Crippen LogP contribution in [0.1, 0.15) is 25.8 Å². The van der Waals surface area contributed by atoms with Crippen molar-refractivity contribution in [3.05, 3.63) is 35.9 Å². The smallest absolute Gasteiger partial charge is 0.191 e. The van der Waals surface area contributed by atoms with Crippen molar-refractivity contribution in [3.63, 3.8) is 0 Å². The molecule has 1 rings (SSSR count). The number of nitrogens with zero attached hydrogens (tertiary/aromatic N) is 2. The molecule has 0 fully saturated rings. The molecule has 5 heteroatoms. The normalized spacial score (nSPS) is 12.0. The van der Waals surface area contributed by atoms with Crippen LogP contribution in [-0.4, -0.2) is 51.6 Å². The van der Waals surface area contributed by atoms with Gasteiger partial charge < -0.3 is 15.5 Å². The molecule has 2 N–H and O–H groups in total. The first-order valence-electron chi connectivity index (χ1n) is 7.60. The summed E-state index contributed by atoms with van der Waals surface area (Å²) >= 11 is 0. The molecule has 0 radical (unpaired) electrons. The zero-order chi connectivity index (χ0) is 15.7. The fourth-order valence-electron chi connectivity index (χ4n) is 2.12. The predicted molar refractivity (Wildman–Crippen MR) is 107 cm³/mol. The van der Waals surface area contributed by atoms with Gasteiger partial charge in [0.15, 0.2) is 5.96 Å². The maximum atomic E-state index is 4.28. The minimum atomic E-state index is 0. The minimum Gasteiger partial charge on any atom is -0.356 e. The number of aliphatic imine (C=N–C) groups is 1. The van der Waals surface area contributed by atoms with Gasteiger partial charge in [-0.1, -0.05) is 44.2 Å². The Hall–Kier alpha value is -0.820. The zero-order valence-corrected chi connectivity index (χ0v) is 16.8. The van der Waals surface area contributed by atoms with E-state index in [9.17, 15) is 0 Å². The highest BCUT2D eigenvalue weighted by atomic mass is 127. The summed E-state index contributed by atoms with van der Waals surface area (Å²) in [7, 11) is 6.00. The molecule has 0 unspecified atom stereocenters. The molecule has 1 aromatic carbocycles. The van der Waals surface area contributed by atoms with E-state index in [0.29, 0.717) is 0 Å². The summed E-state index contributed by atoms with van der Waals surface area (Å²) in [5.41, 5.74) is 1.41. The Morgan fingerprint density at radius 2 is 1.77 bits per heavy atom. The monoisotopic (exact) mass is 418 g/mol. The van der Waals surface area contributed by atoms with E-state index in [2.05, 4.69) is 78.8 Å². The van der Waals surface area contributed by atoms with E-state index in [0.717, 1.165) is 32.0 Å². The van der Waals surface area contributed by atoms with Gasteiger partial charge in [0.05, 0.1) is 0 Å². The number of hydrogen-bond acceptors (Lipinski definition) is 2. The topological polar surface area (TPSA) is 39.7 Å². The molecule has 0 heterocycles. The Morgan fingerprint density at radius 3 is 2.32 bits per heavy atom. The van der Waals surface area contributed by atoms with Gasteiger partial charge in [0, 0.05) is 25.6 Å². The van der Waals surface area contributed by atoms with Gasteiger partial charge in [-0.3, -0.25) is 4.99 Å². The van der Waals surface area contributed by atoms with Crippen LogP contribution < -0.4 is 10.6 Å². The average Bonchev–Trinajstić information content (AvgIpc) is 2.47. The molecule has 0 aromatic heterocycles. The highest BCUT2D eigenvalue weighted by Crippen LogP contribution is 2.21. The van der Waals surface area contributed by atoms with E-state index in [4.69, 9.17) is 0 Å². The zero-order valence-electron chi connectivity index (χ0n) is 14.5. The Balaban J connectivity index is 0.00000441. The number of rotatable bonds is 7. The van der Waals surface area contributed by atoms with Crippen LogP contribution in [0.15, 0.2) is 35.3 Å². The molecule has 0 aliphatic rings. The fourth-order valence-corrected chi connectivity index (χ4v) is 2.12. The summed E-state index contributed by atoms with van der Waals surface area (Å²) in [6.45, 7) is 7.36. The number of guanidine groups is 1. The Labute approximate surface area is 152 Å². The molecule has 0 atom stereocenters. The van der Waals surface area contributed by atoms with Crippen molar-refractivity contribution in [3.8, 4) is 0 Å². The Morgan fingerprint density at radius 1 is 1.14 bits per heavy atom. The van der Waals surface area contributed by atoms with Gasteiger partial charge >= 0.3 is 0 Å². The molecule has 0 saturated heterocycles. The van der Waals surface area contributed by atoms with Crippen LogP contribution in [0.4, 0.5) is 0 Å². The second-order valence-corrected chi connectivity index (χ2v) is 6.26. The lowest BCUT2D eigenvalue weighted by atomic mass is 9.85. The van der Waals surface area contributed by atoms with Gasteiger partial charge in [0.25, 0.3) is 0 Å². The summed E-state index contributed by atoms with van der Waals surface area (Å²) < 4.78 is 0. The van der Waals surface area contributed by atoms with E-state index in [1.54, 1.807) is 0 Å². The quantitative estimate of drug-likeness (QED) is 0.310. The third-order valence-corrected chi connectivity index (χ3v) is 3.55. The second kappa shape index (κ2) is 10.8. The maximum absolute atomic E-state index is 4.28. The van der Waals surface area contributed by atoms with Crippen molar-refractivity contribution in [2.45, 2.75) is 25.7 Å². The highest BCUT2D eigenvalue weighted by molar-refractivity contribution is 14.0. The van der Waals surface area contributed by atoms with E-state index in [1.807, 2.05) is 7.05 Å². The van der Waals surface area contributed by atoms with Crippen molar-refractivity contribution >= 4 is 29.9 Å². The SMILES string of the molecule is CN=C(NCCCN(C)C)NCC(C)(C)c1ccccc1.I. The van der Waals surface area contributed by atoms with E-state index in [1.165, 1.54) is 5.56 Å². The van der Waals surface area contributed by atoms with Crippen LogP contribution >= 0.6 is 24.0 Å². The van der Waals surface area contributed by atoms with Crippen LogP contribution in [0.5, 0.6) is 0 Å². The molecule has 0 spiro atoms. The number of benzene rings is 1. The molecule has 0 aliphatic heterocycles. The third kappa shape index (κ3) is 7.98. The molecule has 4 nitrogen and oxygen atoms in total. The average molecular weight is 418 g/mol. The Bertz CT molecular complexity index is 430. The molecule has 0 amide bonds. The number of nitrogens with one attached hydrogen (secondary N) is 2. The summed E-state index contributed by atoms with van der Waals surface area (Å²) in [6, 6.07) is 10.6. The van der Waals surface area contributed by atoms with Gasteiger partial charge in [-0.05, 0) is 32.6 Å². The van der Waals surface area contributed by atoms with Crippen molar-refractivity contribution in [2.75, 3.05) is 40.8 Å². The molecule has 0 saturated carbocycles. The van der Waals surface area contributed by atoms with Crippen LogP contribution in [0.2, 0.25) is 0 Å². The van der Waals surface area contributed by atoms with Crippen LogP contribution in [0.25, 0.3) is 0 Å². The van der Waals surface area contributed by atoms with Gasteiger partial charge in [0.1, 0.15) is 0 Å². The molecule has 22 heavy (non-hydrogen) atoms. The summed E-state index contributed by atoms with van der Waals surface area (Å²) in [5.74, 6) is 0.873. The molecule has 1 aromatic rings. The maximum Gasteiger partial charge on any atom is 0.191 e. The first kappa shape index (κ1) is 21.2. The van der Waals surface area contributed by atoms with E-state index >= 15 is 0 Å². The van der Waals surface area contributed by atoms with E-state index < -0.39 is 0 Å². The lowest BCUT2D eigenvalue weighted by Crippen LogP contribution is -2.44. The number of hydrogen-bond donors (Lipinski definition) is 2. The van der Waals surface area contributed by atoms with E-state index in [-0.39, 0.29) is 29.4 Å². The summed E-state index contributed by atoms with van der Waals surface area (Å²) in [4.78, 5) is 6.47. The molecular weight excluding hydrogens is 387 g/mol. The van der Waals surface area contributed by atoms with Crippen molar-refractivity contribution in [1.29, 1.82) is 0 Å². The molecular formula is C17H31IN4. The van der Waals surface area contributed by atoms with Gasteiger partial charge in [0.2, 0.25) is 0 Å². The van der Waals surface area contributed by atoms with Gasteiger partial charge in [-0.15, -0.1) is 24.0 Å². The van der Waals surface area contributed by atoms with Crippen molar-refractivity contribution in [1.82, 2.24) is 15.5 Å². The van der Waals surface area contributed by atoms with Crippen LogP contribution in [0.3, 0.4) is 0 Å². The number of halogens is 1. The standard InChI is InChI=1S/C17H30N4.HI/c1-17(2,15-10-7-6-8-11-15)14-20-16(18-3)19-12-9-13-21(4)5;/h6-8,10-11H,9,12-14H2,1-5H3,(H2,18,19,20);1H. The molecule has 0 aliphatic carbocycles. The lowest BCUT2D eigenvalue weighted by molar-refractivity contribution is 0.399. The first-order chi connectivity index (χ1) is 9.95. The molecule has 126 valence electrons. The minimum absolute atomic E-state index is 0. The van der Waals surface area contributed by atoms with Gasteiger partial charge in [-0.25, -0.2) is 0 Å². The third-order valence-electron chi connectivity index (χ3n) is 3.55. The largest absolute Gasteiger partial charge is 0.356 e. The van der Waals surface area contributed by atoms with Crippen LogP contribution in [0, 0.1) is 0 Å². The highest BCUT2D eigenvalue weighted by Gasteiger charge is 2.20. The molecule has 0 bridgehead atoms. The lowest BCUT2D eigenvalue weighted by Gasteiger charge is -2.26. The second-order valence-electron chi connectivity index (χ2n) is 6.26. The predicted octanol–water partition coefficient (Wildman–Crippen LogP) is 2.70. The fraction of sp³-hybridized carbons (Fsp3) is 0.588. The summed E-state index contributed by atoms with van der Waals surface area (Å²) in [6.07, 6.45) is 1.11. The van der Waals surface area contributed by atoms with Crippen molar-refractivity contribution < 1.29 is 0 Å². The van der Waals surface area contributed by atoms with Crippen LogP contribution in [-0.2, 0) is 5.41 Å². The van der Waals surface area contributed by atoms with Gasteiger partial charge in [-0.2, -0.15) is 0 Å².